The molecule has 0 spiro atoms. The van der Waals surface area contributed by atoms with E-state index in [1.54, 1.807) is 10.9 Å². The van der Waals surface area contributed by atoms with E-state index in [9.17, 15) is 14.7 Å². The molecule has 0 bridgehead atoms. The van der Waals surface area contributed by atoms with Crippen LogP contribution in [0.2, 0.25) is 0 Å². The van der Waals surface area contributed by atoms with Crippen molar-refractivity contribution in [1.29, 1.82) is 0 Å². The molecule has 1 aromatic heterocycles. The van der Waals surface area contributed by atoms with Crippen molar-refractivity contribution in [2.24, 2.45) is 5.92 Å². The minimum atomic E-state index is -0.923. The number of aliphatic carboxylic acids is 1. The number of rotatable bonds is 3. The Bertz CT molecular complexity index is 788. The van der Waals surface area contributed by atoms with Gasteiger partial charge in [0.1, 0.15) is 11.9 Å². The van der Waals surface area contributed by atoms with Gasteiger partial charge in [0.25, 0.3) is 0 Å². The van der Waals surface area contributed by atoms with E-state index in [4.69, 9.17) is 0 Å². The maximum absolute atomic E-state index is 12.2. The fourth-order valence-electron chi connectivity index (χ4n) is 3.53. The van der Waals surface area contributed by atoms with Gasteiger partial charge < -0.3 is 10.4 Å². The number of aromatic nitrogens is 2. The van der Waals surface area contributed by atoms with Crippen LogP contribution >= 0.6 is 0 Å². The van der Waals surface area contributed by atoms with Crippen LogP contribution in [0.1, 0.15) is 17.9 Å². The zero-order chi connectivity index (χ0) is 16.7. The molecular formula is C16H17N5O3. The summed E-state index contributed by atoms with van der Waals surface area (Å²) in [5, 5.41) is 16.7. The normalized spacial score (nSPS) is 26.0. The largest absolute Gasteiger partial charge is 0.480 e. The lowest BCUT2D eigenvalue weighted by Gasteiger charge is -2.29. The Morgan fingerprint density at radius 1 is 1.29 bits per heavy atom. The van der Waals surface area contributed by atoms with Crippen molar-refractivity contribution >= 4 is 17.7 Å². The van der Waals surface area contributed by atoms with Crippen molar-refractivity contribution < 1.29 is 14.7 Å². The number of hydrogen-bond acceptors (Lipinski definition) is 5. The van der Waals surface area contributed by atoms with Crippen LogP contribution < -0.4 is 16.2 Å². The molecule has 8 nitrogen and oxygen atoms in total. The highest BCUT2D eigenvalue weighted by molar-refractivity contribution is 5.94. The fourth-order valence-corrected chi connectivity index (χ4v) is 3.53. The van der Waals surface area contributed by atoms with Crippen LogP contribution in [0.25, 0.3) is 5.69 Å². The van der Waals surface area contributed by atoms with Crippen molar-refractivity contribution in [3.05, 3.63) is 42.1 Å². The second-order valence-corrected chi connectivity index (χ2v) is 6.06. The number of benzene rings is 1. The first-order valence-corrected chi connectivity index (χ1v) is 7.79. The molecule has 1 amide bonds. The summed E-state index contributed by atoms with van der Waals surface area (Å²) in [6, 6.07) is 8.79. The molecule has 2 aliphatic heterocycles. The topological polar surface area (TPSA) is 108 Å². The highest BCUT2D eigenvalue weighted by Gasteiger charge is 2.43. The molecule has 24 heavy (non-hydrogen) atoms. The van der Waals surface area contributed by atoms with Crippen LogP contribution in [0.5, 0.6) is 0 Å². The molecular weight excluding hydrogens is 310 g/mol. The molecule has 1 saturated heterocycles. The fraction of sp³-hybridized carbons (Fsp3) is 0.312. The minimum Gasteiger partial charge on any atom is -0.480 e. The number of amides is 1. The number of carbonyl (C=O) groups is 2. The highest BCUT2D eigenvalue weighted by Crippen LogP contribution is 2.40. The third-order valence-corrected chi connectivity index (χ3v) is 4.67. The Morgan fingerprint density at radius 2 is 2.08 bits per heavy atom. The SMILES string of the molecule is O=C1CC(C2CNNC2C(=O)O)c2cnn(-c3ccccc3)c2N1. The number of hydrogen-bond donors (Lipinski definition) is 4. The monoisotopic (exact) mass is 327 g/mol. The molecule has 8 heteroatoms. The molecule has 0 radical (unpaired) electrons. The molecule has 4 N–H and O–H groups in total. The summed E-state index contributed by atoms with van der Waals surface area (Å²) in [6.45, 7) is 0.491. The summed E-state index contributed by atoms with van der Waals surface area (Å²) < 4.78 is 1.69. The maximum atomic E-state index is 12.2. The van der Waals surface area contributed by atoms with Crippen LogP contribution in [0.3, 0.4) is 0 Å². The van der Waals surface area contributed by atoms with E-state index >= 15 is 0 Å². The van der Waals surface area contributed by atoms with Crippen molar-refractivity contribution in [2.45, 2.75) is 18.4 Å². The summed E-state index contributed by atoms with van der Waals surface area (Å²) in [4.78, 5) is 23.7. The van der Waals surface area contributed by atoms with E-state index in [0.717, 1.165) is 11.3 Å². The van der Waals surface area contributed by atoms with Gasteiger partial charge in [-0.05, 0) is 12.1 Å². The Morgan fingerprint density at radius 3 is 2.83 bits per heavy atom. The molecule has 4 rings (SSSR count). The number of nitrogens with one attached hydrogen (secondary N) is 3. The van der Waals surface area contributed by atoms with Crippen LogP contribution in [-0.2, 0) is 9.59 Å². The molecule has 0 saturated carbocycles. The summed E-state index contributed by atoms with van der Waals surface area (Å²) in [7, 11) is 0. The lowest BCUT2D eigenvalue weighted by molar-refractivity contribution is -0.140. The first-order chi connectivity index (χ1) is 11.6. The van der Waals surface area contributed by atoms with E-state index < -0.39 is 12.0 Å². The van der Waals surface area contributed by atoms with Gasteiger partial charge in [-0.25, -0.2) is 10.1 Å². The second kappa shape index (κ2) is 5.73. The zero-order valence-corrected chi connectivity index (χ0v) is 12.8. The van der Waals surface area contributed by atoms with Crippen LogP contribution in [0.4, 0.5) is 5.82 Å². The van der Waals surface area contributed by atoms with Crippen LogP contribution in [-0.4, -0.2) is 39.4 Å². The molecule has 124 valence electrons. The minimum absolute atomic E-state index is 0.124. The second-order valence-electron chi connectivity index (χ2n) is 6.06. The van der Waals surface area contributed by atoms with Crippen molar-refractivity contribution in [2.75, 3.05) is 11.9 Å². The molecule has 2 aromatic rings. The summed E-state index contributed by atoms with van der Waals surface area (Å²) in [5.74, 6) is -0.844. The smallest absolute Gasteiger partial charge is 0.322 e. The predicted molar refractivity (Wildman–Crippen MR) is 85.6 cm³/mol. The zero-order valence-electron chi connectivity index (χ0n) is 12.8. The maximum Gasteiger partial charge on any atom is 0.322 e. The Kier molecular flexibility index (Phi) is 3.55. The van der Waals surface area contributed by atoms with Gasteiger partial charge in [0, 0.05) is 30.4 Å². The average Bonchev–Trinajstić information content (AvgIpc) is 3.22. The van der Waals surface area contributed by atoms with Gasteiger partial charge in [-0.15, -0.1) is 0 Å². The number of anilines is 1. The van der Waals surface area contributed by atoms with Crippen molar-refractivity contribution in [3.8, 4) is 5.69 Å². The number of nitrogens with zero attached hydrogens (tertiary/aromatic N) is 2. The number of fused-ring (bicyclic) bond motifs is 1. The third kappa shape index (κ3) is 2.36. The van der Waals surface area contributed by atoms with E-state index in [1.165, 1.54) is 0 Å². The van der Waals surface area contributed by atoms with Gasteiger partial charge in [0.2, 0.25) is 5.91 Å². The van der Waals surface area contributed by atoms with Gasteiger partial charge in [-0.3, -0.25) is 15.0 Å². The highest BCUT2D eigenvalue weighted by atomic mass is 16.4. The lowest BCUT2D eigenvalue weighted by atomic mass is 9.79. The van der Waals surface area contributed by atoms with E-state index in [2.05, 4.69) is 21.3 Å². The van der Waals surface area contributed by atoms with Gasteiger partial charge >= 0.3 is 5.97 Å². The Hall–Kier alpha value is -2.71. The Balaban J connectivity index is 1.75. The molecule has 0 aliphatic carbocycles. The van der Waals surface area contributed by atoms with Gasteiger partial charge in [0.05, 0.1) is 11.9 Å². The number of carboxylic acid groups (broad SMARTS) is 1. The number of para-hydroxylation sites is 1. The molecule has 3 atom stereocenters. The Labute approximate surface area is 137 Å². The summed E-state index contributed by atoms with van der Waals surface area (Å²) in [6.07, 6.45) is 1.98. The molecule has 2 aliphatic rings. The van der Waals surface area contributed by atoms with Gasteiger partial charge in [-0.2, -0.15) is 5.10 Å². The number of carbonyl (C=O) groups excluding carboxylic acids is 1. The first kappa shape index (κ1) is 14.9. The van der Waals surface area contributed by atoms with Gasteiger partial charge in [0.15, 0.2) is 0 Å². The molecule has 3 unspecified atom stereocenters. The van der Waals surface area contributed by atoms with Crippen molar-refractivity contribution in [3.63, 3.8) is 0 Å². The van der Waals surface area contributed by atoms with E-state index in [1.807, 2.05) is 30.3 Å². The third-order valence-electron chi connectivity index (χ3n) is 4.67. The van der Waals surface area contributed by atoms with Crippen molar-refractivity contribution in [1.82, 2.24) is 20.6 Å². The van der Waals surface area contributed by atoms with Crippen LogP contribution in [0, 0.1) is 5.92 Å². The predicted octanol–water partition coefficient (Wildman–Crippen LogP) is 0.475. The molecule has 3 heterocycles. The van der Waals surface area contributed by atoms with E-state index in [0.29, 0.717) is 12.4 Å². The average molecular weight is 327 g/mol. The standard InChI is InChI=1S/C16H17N5O3/c22-13-6-10(11-7-17-20-14(11)16(23)24)12-8-18-21(15(12)19-13)9-4-2-1-3-5-9/h1-5,8,10-11,14,17,20H,6-7H2,(H,19,22)(H,23,24). The molecule has 1 fully saturated rings. The quantitative estimate of drug-likeness (QED) is 0.653. The molecule has 1 aromatic carbocycles. The van der Waals surface area contributed by atoms with E-state index in [-0.39, 0.29) is 24.2 Å². The lowest BCUT2D eigenvalue weighted by Crippen LogP contribution is -2.41. The first-order valence-electron chi connectivity index (χ1n) is 7.79. The number of carboxylic acids is 1. The van der Waals surface area contributed by atoms with Gasteiger partial charge in [-0.1, -0.05) is 18.2 Å². The van der Waals surface area contributed by atoms with Crippen LogP contribution in [0.15, 0.2) is 36.5 Å². The summed E-state index contributed by atoms with van der Waals surface area (Å²) in [5.41, 5.74) is 7.39. The summed E-state index contributed by atoms with van der Waals surface area (Å²) >= 11 is 0. The number of hydrazine groups is 1.